The average Bonchev–Trinajstić information content (AvgIpc) is 2.88. The van der Waals surface area contributed by atoms with Crippen LogP contribution in [0.2, 0.25) is 0 Å². The first kappa shape index (κ1) is 18.2. The molecule has 24 heavy (non-hydrogen) atoms. The second kappa shape index (κ2) is 7.59. The van der Waals surface area contributed by atoms with Crippen molar-refractivity contribution in [3.63, 3.8) is 0 Å². The molecule has 8 heteroatoms. The van der Waals surface area contributed by atoms with E-state index in [-0.39, 0.29) is 23.7 Å². The van der Waals surface area contributed by atoms with Crippen molar-refractivity contribution in [3.05, 3.63) is 48.3 Å². The first-order valence-corrected chi connectivity index (χ1v) is 8.73. The van der Waals surface area contributed by atoms with Crippen LogP contribution in [0.25, 0.3) is 0 Å². The smallest absolute Gasteiger partial charge is 0.329 e. The lowest BCUT2D eigenvalue weighted by molar-refractivity contribution is -0.884. The third kappa shape index (κ3) is 3.82. The standard InChI is InChI=1S/C16H22N4O3S/c1-4-6-20-14(17)13(15(22)18-16(20)23)11(21)8-19(3)9-12-10(2)5-7-24-12/h5,7H,4,6,8-9,17H2,1-3H3,(H,18,22,23)/p+1. The van der Waals surface area contributed by atoms with Gasteiger partial charge in [-0.2, -0.15) is 0 Å². The summed E-state index contributed by atoms with van der Waals surface area (Å²) < 4.78 is 1.24. The molecule has 0 aliphatic heterocycles. The predicted octanol–water partition coefficient (Wildman–Crippen LogP) is -0.204. The van der Waals surface area contributed by atoms with Gasteiger partial charge in [0.2, 0.25) is 5.78 Å². The number of likely N-dealkylation sites (N-methyl/N-ethyl adjacent to an activating group) is 1. The number of aryl methyl sites for hydroxylation is 1. The molecular weight excluding hydrogens is 328 g/mol. The number of aromatic amines is 1. The second-order valence-electron chi connectivity index (χ2n) is 5.93. The molecule has 0 aliphatic rings. The maximum Gasteiger partial charge on any atom is 0.329 e. The van der Waals surface area contributed by atoms with Gasteiger partial charge in [0.25, 0.3) is 5.56 Å². The maximum absolute atomic E-state index is 12.5. The van der Waals surface area contributed by atoms with Crippen LogP contribution < -0.4 is 21.9 Å². The Morgan fingerprint density at radius 3 is 2.71 bits per heavy atom. The van der Waals surface area contributed by atoms with Gasteiger partial charge in [-0.25, -0.2) is 4.79 Å². The monoisotopic (exact) mass is 351 g/mol. The highest BCUT2D eigenvalue weighted by molar-refractivity contribution is 7.10. The molecule has 0 saturated heterocycles. The van der Waals surface area contributed by atoms with Crippen LogP contribution in [0, 0.1) is 6.92 Å². The van der Waals surface area contributed by atoms with E-state index in [4.69, 9.17) is 5.73 Å². The Kier molecular flexibility index (Phi) is 5.74. The van der Waals surface area contributed by atoms with Gasteiger partial charge in [0.1, 0.15) is 24.5 Å². The predicted molar refractivity (Wildman–Crippen MR) is 94.9 cm³/mol. The van der Waals surface area contributed by atoms with Gasteiger partial charge in [-0.3, -0.25) is 19.1 Å². The number of carbonyl (C=O) groups is 1. The van der Waals surface area contributed by atoms with E-state index in [9.17, 15) is 14.4 Å². The molecule has 2 aromatic heterocycles. The van der Waals surface area contributed by atoms with Crippen molar-refractivity contribution in [2.24, 2.45) is 0 Å². The average molecular weight is 351 g/mol. The fraction of sp³-hybridized carbons (Fsp3) is 0.438. The molecule has 0 fully saturated rings. The molecule has 7 nitrogen and oxygen atoms in total. The maximum atomic E-state index is 12.5. The summed E-state index contributed by atoms with van der Waals surface area (Å²) in [7, 11) is 1.89. The second-order valence-corrected chi connectivity index (χ2v) is 6.93. The number of quaternary nitrogens is 1. The van der Waals surface area contributed by atoms with Crippen LogP contribution in [0.4, 0.5) is 5.82 Å². The zero-order chi connectivity index (χ0) is 17.9. The molecule has 2 heterocycles. The number of anilines is 1. The van der Waals surface area contributed by atoms with E-state index in [1.807, 2.05) is 32.3 Å². The van der Waals surface area contributed by atoms with E-state index in [2.05, 4.69) is 4.98 Å². The minimum atomic E-state index is -0.713. The molecule has 0 saturated carbocycles. The molecule has 1 atom stereocenters. The van der Waals surface area contributed by atoms with Crippen LogP contribution >= 0.6 is 11.3 Å². The molecule has 0 radical (unpaired) electrons. The Morgan fingerprint density at radius 1 is 1.42 bits per heavy atom. The number of aromatic nitrogens is 2. The van der Waals surface area contributed by atoms with Gasteiger partial charge in [0.15, 0.2) is 0 Å². The van der Waals surface area contributed by atoms with E-state index in [0.717, 1.165) is 4.90 Å². The lowest BCUT2D eigenvalue weighted by atomic mass is 10.1. The largest absolute Gasteiger partial charge is 0.384 e. The van der Waals surface area contributed by atoms with Crippen LogP contribution in [0.3, 0.4) is 0 Å². The summed E-state index contributed by atoms with van der Waals surface area (Å²) in [5.41, 5.74) is 5.71. The molecule has 130 valence electrons. The van der Waals surface area contributed by atoms with Crippen molar-refractivity contribution >= 4 is 22.9 Å². The van der Waals surface area contributed by atoms with Crippen LogP contribution in [0.5, 0.6) is 0 Å². The normalized spacial score (nSPS) is 12.3. The van der Waals surface area contributed by atoms with Crippen molar-refractivity contribution < 1.29 is 9.69 Å². The lowest BCUT2D eigenvalue weighted by Gasteiger charge is -2.15. The van der Waals surface area contributed by atoms with Crippen LogP contribution in [-0.2, 0) is 13.1 Å². The van der Waals surface area contributed by atoms with E-state index in [1.165, 1.54) is 15.0 Å². The number of hydrogen-bond donors (Lipinski definition) is 3. The Morgan fingerprint density at radius 2 is 2.12 bits per heavy atom. The summed E-state index contributed by atoms with van der Waals surface area (Å²) in [6.07, 6.45) is 0.673. The summed E-state index contributed by atoms with van der Waals surface area (Å²) >= 11 is 1.65. The van der Waals surface area contributed by atoms with Crippen molar-refractivity contribution in [1.82, 2.24) is 9.55 Å². The fourth-order valence-corrected chi connectivity index (χ4v) is 3.61. The molecule has 0 aromatic carbocycles. The van der Waals surface area contributed by atoms with Gasteiger partial charge >= 0.3 is 5.69 Å². The summed E-state index contributed by atoms with van der Waals surface area (Å²) in [4.78, 5) is 40.7. The zero-order valence-electron chi connectivity index (χ0n) is 14.1. The number of Topliss-reactive ketones (excluding diaryl/α,β-unsaturated/α-hetero) is 1. The summed E-state index contributed by atoms with van der Waals surface area (Å²) in [6.45, 7) is 5.11. The fourth-order valence-electron chi connectivity index (χ4n) is 2.59. The van der Waals surface area contributed by atoms with Gasteiger partial charge in [-0.1, -0.05) is 6.92 Å². The molecule has 2 aromatic rings. The lowest BCUT2D eigenvalue weighted by Crippen LogP contribution is -3.08. The van der Waals surface area contributed by atoms with Gasteiger partial charge in [-0.05, 0) is 30.4 Å². The SMILES string of the molecule is CCCn1c(N)c(C(=O)C[NH+](C)Cc2sccc2C)c(=O)[nH]c1=O. The Hall–Kier alpha value is -2.19. The number of carbonyl (C=O) groups excluding carboxylic acids is 1. The van der Waals surface area contributed by atoms with E-state index >= 15 is 0 Å². The number of thiophene rings is 1. The molecule has 2 rings (SSSR count). The van der Waals surface area contributed by atoms with E-state index < -0.39 is 11.2 Å². The Balaban J connectivity index is 2.23. The number of rotatable bonds is 7. The summed E-state index contributed by atoms with van der Waals surface area (Å²) in [5.74, 6) is -0.402. The van der Waals surface area contributed by atoms with Gasteiger partial charge < -0.3 is 10.6 Å². The molecule has 0 amide bonds. The van der Waals surface area contributed by atoms with E-state index in [0.29, 0.717) is 19.5 Å². The molecule has 4 N–H and O–H groups in total. The first-order chi connectivity index (χ1) is 11.3. The van der Waals surface area contributed by atoms with E-state index in [1.54, 1.807) is 11.3 Å². The molecular formula is C16H23N4O3S+. The number of nitrogen functional groups attached to an aromatic ring is 1. The number of nitrogens with two attached hydrogens (primary N) is 1. The topological polar surface area (TPSA) is 102 Å². The number of H-pyrrole nitrogens is 1. The van der Waals surface area contributed by atoms with Crippen LogP contribution in [0.1, 0.15) is 34.1 Å². The van der Waals surface area contributed by atoms with Crippen molar-refractivity contribution in [2.45, 2.75) is 33.4 Å². The zero-order valence-corrected chi connectivity index (χ0v) is 15.0. The third-order valence-electron chi connectivity index (χ3n) is 3.86. The van der Waals surface area contributed by atoms with Crippen molar-refractivity contribution in [2.75, 3.05) is 19.3 Å². The van der Waals surface area contributed by atoms with Crippen LogP contribution in [-0.4, -0.2) is 28.9 Å². The van der Waals surface area contributed by atoms with Crippen LogP contribution in [0.15, 0.2) is 21.0 Å². The Bertz CT molecular complexity index is 850. The van der Waals surface area contributed by atoms with Gasteiger partial charge in [-0.15, -0.1) is 11.3 Å². The molecule has 0 spiro atoms. The highest BCUT2D eigenvalue weighted by Gasteiger charge is 2.22. The molecule has 0 aliphatic carbocycles. The first-order valence-electron chi connectivity index (χ1n) is 7.85. The minimum absolute atomic E-state index is 0.0456. The number of ketones is 1. The third-order valence-corrected chi connectivity index (χ3v) is 4.88. The Labute approximate surface area is 143 Å². The van der Waals surface area contributed by atoms with Crippen molar-refractivity contribution in [1.29, 1.82) is 0 Å². The quantitative estimate of drug-likeness (QED) is 0.601. The molecule has 0 bridgehead atoms. The van der Waals surface area contributed by atoms with Crippen molar-refractivity contribution in [3.8, 4) is 0 Å². The van der Waals surface area contributed by atoms with Gasteiger partial charge in [0.05, 0.1) is 11.9 Å². The number of hydrogen-bond acceptors (Lipinski definition) is 5. The minimum Gasteiger partial charge on any atom is -0.384 e. The summed E-state index contributed by atoms with van der Waals surface area (Å²) in [5, 5.41) is 2.02. The number of nitrogens with zero attached hydrogens (tertiary/aromatic N) is 1. The van der Waals surface area contributed by atoms with Gasteiger partial charge in [0, 0.05) is 6.54 Å². The highest BCUT2D eigenvalue weighted by Crippen LogP contribution is 2.13. The highest BCUT2D eigenvalue weighted by atomic mass is 32.1. The number of nitrogens with one attached hydrogen (secondary N) is 2. The molecule has 1 unspecified atom stereocenters. The summed E-state index contributed by atoms with van der Waals surface area (Å²) in [6, 6.07) is 2.04.